The smallest absolute Gasteiger partial charge is 0.0792 e. The number of hydrogen-bond acceptors (Lipinski definition) is 1. The fourth-order valence-corrected chi connectivity index (χ4v) is 2.98. The molecule has 0 saturated heterocycles. The summed E-state index contributed by atoms with van der Waals surface area (Å²) in [6, 6.07) is 8.59. The SMILES string of the molecule is CCC(C)c1ccc(C(O)CC2CCCC2)cc1. The Morgan fingerprint density at radius 2 is 1.67 bits per heavy atom. The fraction of sp³-hybridized carbons (Fsp3) is 0.647. The van der Waals surface area contributed by atoms with E-state index in [1.54, 1.807) is 0 Å². The predicted octanol–water partition coefficient (Wildman–Crippen LogP) is 4.81. The van der Waals surface area contributed by atoms with Crippen molar-refractivity contribution in [3.8, 4) is 0 Å². The van der Waals surface area contributed by atoms with Crippen LogP contribution in [0.2, 0.25) is 0 Å². The minimum absolute atomic E-state index is 0.265. The van der Waals surface area contributed by atoms with E-state index in [-0.39, 0.29) is 6.10 Å². The summed E-state index contributed by atoms with van der Waals surface area (Å²) >= 11 is 0. The van der Waals surface area contributed by atoms with Crippen molar-refractivity contribution in [3.63, 3.8) is 0 Å². The van der Waals surface area contributed by atoms with Gasteiger partial charge in [-0.05, 0) is 35.8 Å². The molecule has 0 spiro atoms. The molecular weight excluding hydrogens is 220 g/mol. The summed E-state index contributed by atoms with van der Waals surface area (Å²) in [5.41, 5.74) is 2.48. The summed E-state index contributed by atoms with van der Waals surface area (Å²) in [6.45, 7) is 4.47. The third kappa shape index (κ3) is 3.35. The molecule has 2 rings (SSSR count). The first kappa shape index (κ1) is 13.6. The Labute approximate surface area is 111 Å². The highest BCUT2D eigenvalue weighted by molar-refractivity contribution is 5.26. The topological polar surface area (TPSA) is 20.2 Å². The maximum absolute atomic E-state index is 10.3. The fourth-order valence-electron chi connectivity index (χ4n) is 2.98. The van der Waals surface area contributed by atoms with Gasteiger partial charge in [-0.15, -0.1) is 0 Å². The molecule has 2 atom stereocenters. The van der Waals surface area contributed by atoms with Crippen molar-refractivity contribution < 1.29 is 5.11 Å². The molecule has 1 heteroatoms. The van der Waals surface area contributed by atoms with Crippen molar-refractivity contribution in [2.75, 3.05) is 0 Å². The van der Waals surface area contributed by atoms with Crippen LogP contribution < -0.4 is 0 Å². The van der Waals surface area contributed by atoms with Gasteiger partial charge in [0.05, 0.1) is 6.10 Å². The highest BCUT2D eigenvalue weighted by Crippen LogP contribution is 2.33. The van der Waals surface area contributed by atoms with Gasteiger partial charge in [-0.1, -0.05) is 63.8 Å². The third-order valence-corrected chi connectivity index (χ3v) is 4.53. The Kier molecular flexibility index (Phi) is 4.82. The van der Waals surface area contributed by atoms with Gasteiger partial charge in [0.25, 0.3) is 0 Å². The van der Waals surface area contributed by atoms with Crippen LogP contribution in [-0.4, -0.2) is 5.11 Å². The predicted molar refractivity (Wildman–Crippen MR) is 76.7 cm³/mol. The van der Waals surface area contributed by atoms with E-state index in [2.05, 4.69) is 38.1 Å². The maximum atomic E-state index is 10.3. The van der Waals surface area contributed by atoms with Crippen LogP contribution in [0.1, 0.15) is 75.5 Å². The van der Waals surface area contributed by atoms with Gasteiger partial charge in [-0.2, -0.15) is 0 Å². The molecule has 0 radical (unpaired) electrons. The minimum Gasteiger partial charge on any atom is -0.388 e. The lowest BCUT2D eigenvalue weighted by molar-refractivity contribution is 0.145. The summed E-state index contributed by atoms with van der Waals surface area (Å²) in [5, 5.41) is 10.3. The Balaban J connectivity index is 1.95. The van der Waals surface area contributed by atoms with Gasteiger partial charge in [0.2, 0.25) is 0 Å². The van der Waals surface area contributed by atoms with E-state index in [1.165, 1.54) is 37.7 Å². The van der Waals surface area contributed by atoms with Crippen molar-refractivity contribution in [3.05, 3.63) is 35.4 Å². The Morgan fingerprint density at radius 1 is 1.11 bits per heavy atom. The molecule has 1 aliphatic carbocycles. The normalized spacial score (nSPS) is 19.9. The Bertz CT molecular complexity index is 348. The number of aliphatic hydroxyl groups excluding tert-OH is 1. The van der Waals surface area contributed by atoms with Gasteiger partial charge in [0.1, 0.15) is 0 Å². The number of hydrogen-bond donors (Lipinski definition) is 1. The van der Waals surface area contributed by atoms with E-state index >= 15 is 0 Å². The second-order valence-corrected chi connectivity index (χ2v) is 5.88. The molecule has 1 aromatic rings. The van der Waals surface area contributed by atoms with Crippen LogP contribution >= 0.6 is 0 Å². The van der Waals surface area contributed by atoms with Gasteiger partial charge in [-0.3, -0.25) is 0 Å². The highest BCUT2D eigenvalue weighted by Gasteiger charge is 2.19. The van der Waals surface area contributed by atoms with Gasteiger partial charge >= 0.3 is 0 Å². The summed E-state index contributed by atoms with van der Waals surface area (Å²) in [4.78, 5) is 0. The molecule has 0 heterocycles. The molecule has 0 aliphatic heterocycles. The van der Waals surface area contributed by atoms with E-state index in [0.717, 1.165) is 17.9 Å². The molecule has 1 N–H and O–H groups in total. The van der Waals surface area contributed by atoms with Crippen molar-refractivity contribution in [1.29, 1.82) is 0 Å². The van der Waals surface area contributed by atoms with E-state index in [4.69, 9.17) is 0 Å². The van der Waals surface area contributed by atoms with E-state index in [0.29, 0.717) is 5.92 Å². The van der Waals surface area contributed by atoms with Crippen molar-refractivity contribution in [2.24, 2.45) is 5.92 Å². The van der Waals surface area contributed by atoms with E-state index in [9.17, 15) is 5.11 Å². The van der Waals surface area contributed by atoms with Crippen LogP contribution in [0.15, 0.2) is 24.3 Å². The molecule has 0 aromatic heterocycles. The first-order valence-electron chi connectivity index (χ1n) is 7.48. The summed E-state index contributed by atoms with van der Waals surface area (Å²) in [6.07, 6.45) is 7.17. The zero-order chi connectivity index (χ0) is 13.0. The molecule has 1 aromatic carbocycles. The van der Waals surface area contributed by atoms with Gasteiger partial charge in [-0.25, -0.2) is 0 Å². The second kappa shape index (κ2) is 6.38. The van der Waals surface area contributed by atoms with Crippen LogP contribution in [0.25, 0.3) is 0 Å². The molecule has 0 amide bonds. The van der Waals surface area contributed by atoms with Crippen LogP contribution in [0.4, 0.5) is 0 Å². The van der Waals surface area contributed by atoms with Gasteiger partial charge in [0.15, 0.2) is 0 Å². The van der Waals surface area contributed by atoms with Crippen molar-refractivity contribution in [2.45, 2.75) is 64.4 Å². The summed E-state index contributed by atoms with van der Waals surface area (Å²) in [7, 11) is 0. The molecule has 1 nitrogen and oxygen atoms in total. The van der Waals surface area contributed by atoms with Crippen LogP contribution in [-0.2, 0) is 0 Å². The average Bonchev–Trinajstić information content (AvgIpc) is 2.91. The van der Waals surface area contributed by atoms with Crippen LogP contribution in [0.3, 0.4) is 0 Å². The summed E-state index contributed by atoms with van der Waals surface area (Å²) in [5.74, 6) is 1.36. The second-order valence-electron chi connectivity index (χ2n) is 5.88. The first-order chi connectivity index (χ1) is 8.70. The zero-order valence-electron chi connectivity index (χ0n) is 11.7. The maximum Gasteiger partial charge on any atom is 0.0792 e. The van der Waals surface area contributed by atoms with E-state index in [1.807, 2.05) is 0 Å². The molecule has 1 fully saturated rings. The minimum atomic E-state index is -0.265. The molecule has 0 bridgehead atoms. The Morgan fingerprint density at radius 3 is 2.22 bits per heavy atom. The Hall–Kier alpha value is -0.820. The number of aliphatic hydroxyl groups is 1. The van der Waals surface area contributed by atoms with Crippen LogP contribution in [0, 0.1) is 5.92 Å². The lowest BCUT2D eigenvalue weighted by Gasteiger charge is -2.17. The largest absolute Gasteiger partial charge is 0.388 e. The number of rotatable bonds is 5. The lowest BCUT2D eigenvalue weighted by atomic mass is 9.93. The van der Waals surface area contributed by atoms with Crippen molar-refractivity contribution >= 4 is 0 Å². The van der Waals surface area contributed by atoms with E-state index < -0.39 is 0 Å². The zero-order valence-corrected chi connectivity index (χ0v) is 11.7. The number of benzene rings is 1. The monoisotopic (exact) mass is 246 g/mol. The van der Waals surface area contributed by atoms with Gasteiger partial charge < -0.3 is 5.11 Å². The summed E-state index contributed by atoms with van der Waals surface area (Å²) < 4.78 is 0. The van der Waals surface area contributed by atoms with Crippen molar-refractivity contribution in [1.82, 2.24) is 0 Å². The molecule has 100 valence electrons. The molecule has 2 unspecified atom stereocenters. The molecule has 18 heavy (non-hydrogen) atoms. The van der Waals surface area contributed by atoms with Crippen LogP contribution in [0.5, 0.6) is 0 Å². The van der Waals surface area contributed by atoms with Gasteiger partial charge in [0, 0.05) is 0 Å². The quantitative estimate of drug-likeness (QED) is 0.790. The molecule has 1 saturated carbocycles. The highest BCUT2D eigenvalue weighted by atomic mass is 16.3. The standard InChI is InChI=1S/C17H26O/c1-3-13(2)15-8-10-16(11-9-15)17(18)12-14-6-4-5-7-14/h8-11,13-14,17-18H,3-7,12H2,1-2H3. The third-order valence-electron chi connectivity index (χ3n) is 4.53. The first-order valence-corrected chi connectivity index (χ1v) is 7.48. The average molecular weight is 246 g/mol. The molecule has 1 aliphatic rings. The molecular formula is C17H26O. The lowest BCUT2D eigenvalue weighted by Crippen LogP contribution is -2.04.